The molecule has 2 amide bonds. The normalized spacial score (nSPS) is 18.9. The predicted molar refractivity (Wildman–Crippen MR) is 116 cm³/mol. The van der Waals surface area contributed by atoms with Crippen molar-refractivity contribution in [1.82, 2.24) is 20.1 Å². The van der Waals surface area contributed by atoms with Crippen LogP contribution in [0.2, 0.25) is 0 Å². The molecular weight excluding hydrogens is 364 g/mol. The number of carbonyl (C=O) groups excluding carboxylic acids is 1. The van der Waals surface area contributed by atoms with Gasteiger partial charge in [0.1, 0.15) is 0 Å². The molecule has 2 N–H and O–H groups in total. The Hall–Kier alpha value is -2.34. The number of aromatic nitrogens is 1. The Labute approximate surface area is 172 Å². The highest BCUT2D eigenvalue weighted by Crippen LogP contribution is 2.20. The van der Waals surface area contributed by atoms with Crippen molar-refractivity contribution in [3.8, 4) is 0 Å². The van der Waals surface area contributed by atoms with Gasteiger partial charge in [0.2, 0.25) is 0 Å². The molecule has 1 aromatic heterocycles. The molecule has 2 fully saturated rings. The molecule has 6 heteroatoms. The Kier molecular flexibility index (Phi) is 5.90. The third kappa shape index (κ3) is 4.64. The molecule has 0 spiro atoms. The lowest BCUT2D eigenvalue weighted by atomic mass is 9.96. The van der Waals surface area contributed by atoms with Crippen molar-refractivity contribution < 1.29 is 4.79 Å². The first-order valence-electron chi connectivity index (χ1n) is 10.9. The Bertz CT molecular complexity index is 938. The van der Waals surface area contributed by atoms with E-state index in [4.69, 9.17) is 0 Å². The number of H-pyrrole nitrogens is 1. The van der Waals surface area contributed by atoms with Gasteiger partial charge < -0.3 is 15.2 Å². The number of aryl methyl sites for hydroxylation is 2. The standard InChI is InChI=1S/C23H32N4O2/c1-16-12-17(2)21-18(13-16)14-19(22(28)25-21)15-26-8-10-27(11-9-26)23(29)24-20-6-4-3-5-7-20/h12-14,20H,3-11,15H2,1-2H3,(H,24,29)(H,25,28). The monoisotopic (exact) mass is 396 g/mol. The van der Waals surface area contributed by atoms with Gasteiger partial charge in [0.15, 0.2) is 0 Å². The molecule has 0 radical (unpaired) electrons. The number of nitrogens with one attached hydrogen (secondary N) is 2. The largest absolute Gasteiger partial charge is 0.335 e. The van der Waals surface area contributed by atoms with E-state index >= 15 is 0 Å². The number of piperazine rings is 1. The van der Waals surface area contributed by atoms with E-state index in [9.17, 15) is 9.59 Å². The molecule has 1 aliphatic heterocycles. The van der Waals surface area contributed by atoms with Crippen molar-refractivity contribution in [2.45, 2.75) is 58.5 Å². The van der Waals surface area contributed by atoms with Crippen LogP contribution in [0, 0.1) is 13.8 Å². The second-order valence-corrected chi connectivity index (χ2v) is 8.72. The Morgan fingerprint density at radius 1 is 1.07 bits per heavy atom. The topological polar surface area (TPSA) is 68.4 Å². The van der Waals surface area contributed by atoms with Crippen LogP contribution in [0.4, 0.5) is 4.79 Å². The molecule has 1 aromatic carbocycles. The molecule has 0 bridgehead atoms. The van der Waals surface area contributed by atoms with Crippen molar-refractivity contribution in [3.05, 3.63) is 45.2 Å². The van der Waals surface area contributed by atoms with Gasteiger partial charge in [0, 0.05) is 44.3 Å². The van der Waals surface area contributed by atoms with Crippen LogP contribution in [0.25, 0.3) is 10.9 Å². The SMILES string of the molecule is Cc1cc(C)c2[nH]c(=O)c(CN3CCN(C(=O)NC4CCCCC4)CC3)cc2c1. The van der Waals surface area contributed by atoms with Crippen LogP contribution in [0.1, 0.15) is 48.8 Å². The summed E-state index contributed by atoms with van der Waals surface area (Å²) in [7, 11) is 0. The lowest BCUT2D eigenvalue weighted by Crippen LogP contribution is -2.53. The minimum absolute atomic E-state index is 0.0121. The summed E-state index contributed by atoms with van der Waals surface area (Å²) in [4.78, 5) is 32.4. The van der Waals surface area contributed by atoms with Crippen molar-refractivity contribution in [1.29, 1.82) is 0 Å². The van der Waals surface area contributed by atoms with Crippen LogP contribution < -0.4 is 10.9 Å². The van der Waals surface area contributed by atoms with Crippen molar-refractivity contribution in [3.63, 3.8) is 0 Å². The fraction of sp³-hybridized carbons (Fsp3) is 0.565. The number of pyridine rings is 1. The maximum absolute atomic E-state index is 12.6. The van der Waals surface area contributed by atoms with E-state index in [2.05, 4.69) is 34.3 Å². The number of amides is 2. The average Bonchev–Trinajstić information content (AvgIpc) is 2.70. The van der Waals surface area contributed by atoms with Gasteiger partial charge in [0.25, 0.3) is 5.56 Å². The number of nitrogens with zero attached hydrogens (tertiary/aromatic N) is 2. The number of rotatable bonds is 3. The molecular formula is C23H32N4O2. The number of carbonyl (C=O) groups is 1. The van der Waals surface area contributed by atoms with E-state index in [1.54, 1.807) is 0 Å². The zero-order valence-electron chi connectivity index (χ0n) is 17.6. The van der Waals surface area contributed by atoms with Crippen LogP contribution in [-0.4, -0.2) is 53.0 Å². The minimum Gasteiger partial charge on any atom is -0.335 e. The highest BCUT2D eigenvalue weighted by molar-refractivity contribution is 5.82. The first kappa shape index (κ1) is 20.0. The maximum atomic E-state index is 12.6. The highest BCUT2D eigenvalue weighted by atomic mass is 16.2. The predicted octanol–water partition coefficient (Wildman–Crippen LogP) is 3.30. The zero-order chi connectivity index (χ0) is 20.4. The summed E-state index contributed by atoms with van der Waals surface area (Å²) >= 11 is 0. The van der Waals surface area contributed by atoms with Crippen LogP contribution in [-0.2, 0) is 6.54 Å². The van der Waals surface area contributed by atoms with E-state index in [-0.39, 0.29) is 11.6 Å². The molecule has 29 heavy (non-hydrogen) atoms. The first-order chi connectivity index (χ1) is 14.0. The summed E-state index contributed by atoms with van der Waals surface area (Å²) in [5.41, 5.74) is 4.00. The number of benzene rings is 1. The van der Waals surface area contributed by atoms with Crippen molar-refractivity contribution >= 4 is 16.9 Å². The maximum Gasteiger partial charge on any atom is 0.317 e. The van der Waals surface area contributed by atoms with Crippen molar-refractivity contribution in [2.24, 2.45) is 0 Å². The summed E-state index contributed by atoms with van der Waals surface area (Å²) < 4.78 is 0. The molecule has 2 aromatic rings. The molecule has 6 nitrogen and oxygen atoms in total. The van der Waals surface area contributed by atoms with Gasteiger partial charge in [-0.05, 0) is 49.8 Å². The van der Waals surface area contributed by atoms with E-state index in [1.165, 1.54) is 24.8 Å². The van der Waals surface area contributed by atoms with Gasteiger partial charge >= 0.3 is 6.03 Å². The lowest BCUT2D eigenvalue weighted by molar-refractivity contribution is 0.131. The van der Waals surface area contributed by atoms with Gasteiger partial charge in [-0.1, -0.05) is 30.9 Å². The summed E-state index contributed by atoms with van der Waals surface area (Å²) in [6, 6.07) is 6.66. The number of urea groups is 1. The Morgan fingerprint density at radius 2 is 1.79 bits per heavy atom. The van der Waals surface area contributed by atoms with Gasteiger partial charge in [-0.3, -0.25) is 9.69 Å². The highest BCUT2D eigenvalue weighted by Gasteiger charge is 2.24. The van der Waals surface area contributed by atoms with Gasteiger partial charge in [-0.2, -0.15) is 0 Å². The first-order valence-corrected chi connectivity index (χ1v) is 10.9. The Balaban J connectivity index is 1.36. The van der Waals surface area contributed by atoms with E-state index in [0.29, 0.717) is 25.7 Å². The number of hydrogen-bond acceptors (Lipinski definition) is 3. The molecule has 1 saturated heterocycles. The smallest absolute Gasteiger partial charge is 0.317 e. The van der Waals surface area contributed by atoms with E-state index < -0.39 is 0 Å². The fourth-order valence-electron chi connectivity index (χ4n) is 4.71. The second kappa shape index (κ2) is 8.57. The lowest BCUT2D eigenvalue weighted by Gasteiger charge is -2.36. The summed E-state index contributed by atoms with van der Waals surface area (Å²) in [5.74, 6) is 0. The molecule has 4 rings (SSSR count). The van der Waals surface area contributed by atoms with Crippen LogP contribution in [0.15, 0.2) is 23.0 Å². The summed E-state index contributed by atoms with van der Waals surface area (Å²) in [6.07, 6.45) is 5.94. The summed E-state index contributed by atoms with van der Waals surface area (Å²) in [5, 5.41) is 4.29. The minimum atomic E-state index is -0.0121. The van der Waals surface area contributed by atoms with Gasteiger partial charge in [-0.25, -0.2) is 4.79 Å². The third-order valence-electron chi connectivity index (χ3n) is 6.36. The van der Waals surface area contributed by atoms with E-state index in [0.717, 1.165) is 48.0 Å². The third-order valence-corrected chi connectivity index (χ3v) is 6.36. The fourth-order valence-corrected chi connectivity index (χ4v) is 4.71. The quantitative estimate of drug-likeness (QED) is 0.836. The van der Waals surface area contributed by atoms with Crippen molar-refractivity contribution in [2.75, 3.05) is 26.2 Å². The zero-order valence-corrected chi connectivity index (χ0v) is 17.6. The molecule has 1 saturated carbocycles. The molecule has 2 heterocycles. The number of hydrogen-bond donors (Lipinski definition) is 2. The van der Waals surface area contributed by atoms with Crippen LogP contribution >= 0.6 is 0 Å². The average molecular weight is 397 g/mol. The van der Waals surface area contributed by atoms with Crippen LogP contribution in [0.5, 0.6) is 0 Å². The van der Waals surface area contributed by atoms with E-state index in [1.807, 2.05) is 17.9 Å². The molecule has 0 atom stereocenters. The molecule has 2 aliphatic rings. The van der Waals surface area contributed by atoms with Gasteiger partial charge in [0.05, 0.1) is 5.52 Å². The molecule has 1 aliphatic carbocycles. The molecule has 0 unspecified atom stereocenters. The van der Waals surface area contributed by atoms with Gasteiger partial charge in [-0.15, -0.1) is 0 Å². The molecule has 156 valence electrons. The van der Waals surface area contributed by atoms with Crippen LogP contribution in [0.3, 0.4) is 0 Å². The summed E-state index contributed by atoms with van der Waals surface area (Å²) in [6.45, 7) is 7.74. The number of fused-ring (bicyclic) bond motifs is 1. The number of aromatic amines is 1. The second-order valence-electron chi connectivity index (χ2n) is 8.72. The Morgan fingerprint density at radius 3 is 2.52 bits per heavy atom.